The van der Waals surface area contributed by atoms with E-state index < -0.39 is 0 Å². The van der Waals surface area contributed by atoms with Gasteiger partial charge >= 0.3 is 0 Å². The number of carbonyl (C=O) groups is 1. The second-order valence-corrected chi connectivity index (χ2v) is 4.21. The zero-order valence-electron chi connectivity index (χ0n) is 10.5. The monoisotopic (exact) mass is 243 g/mol. The van der Waals surface area contributed by atoms with Crippen molar-refractivity contribution in [3.8, 4) is 0 Å². The van der Waals surface area contributed by atoms with Gasteiger partial charge in [0.05, 0.1) is 6.20 Å². The summed E-state index contributed by atoms with van der Waals surface area (Å²) in [5, 5.41) is 4.16. The molecule has 0 saturated heterocycles. The number of Topliss-reactive ketones (excluding diaryl/α,β-unsaturated/α-hetero) is 1. The Morgan fingerprint density at radius 2 is 2.00 bits per heavy atom. The molecule has 94 valence electrons. The third-order valence-corrected chi connectivity index (χ3v) is 2.89. The lowest BCUT2D eigenvalue weighted by molar-refractivity contribution is 0.0993. The number of ketones is 1. The average molecular weight is 243 g/mol. The molecule has 1 aromatic carbocycles. The molecule has 2 rings (SSSR count). The summed E-state index contributed by atoms with van der Waals surface area (Å²) in [5.41, 5.74) is 8.22. The predicted octanol–water partition coefficient (Wildman–Crippen LogP) is 1.79. The zero-order chi connectivity index (χ0) is 13.0. The van der Waals surface area contributed by atoms with Crippen LogP contribution in [0.4, 0.5) is 0 Å². The van der Waals surface area contributed by atoms with Crippen LogP contribution in [0, 0.1) is 0 Å². The maximum Gasteiger partial charge on any atom is 0.167 e. The van der Waals surface area contributed by atoms with Crippen molar-refractivity contribution >= 4 is 5.78 Å². The van der Waals surface area contributed by atoms with Gasteiger partial charge in [-0.15, -0.1) is 0 Å². The van der Waals surface area contributed by atoms with E-state index in [2.05, 4.69) is 5.10 Å². The van der Waals surface area contributed by atoms with E-state index in [1.807, 2.05) is 42.1 Å². The number of aryl methyl sites for hydroxylation is 1. The molecular weight excluding hydrogens is 226 g/mol. The molecule has 0 atom stereocenters. The van der Waals surface area contributed by atoms with Crippen molar-refractivity contribution in [1.82, 2.24) is 9.78 Å². The van der Waals surface area contributed by atoms with Gasteiger partial charge in [0.2, 0.25) is 0 Å². The first-order chi connectivity index (χ1) is 8.72. The zero-order valence-corrected chi connectivity index (χ0v) is 10.5. The fraction of sp³-hybridized carbons (Fsp3) is 0.286. The summed E-state index contributed by atoms with van der Waals surface area (Å²) in [6, 6.07) is 7.44. The summed E-state index contributed by atoms with van der Waals surface area (Å²) in [6.45, 7) is 3.33. The molecule has 1 aromatic heterocycles. The molecule has 18 heavy (non-hydrogen) atoms. The Bertz CT molecular complexity index is 528. The van der Waals surface area contributed by atoms with E-state index in [1.54, 1.807) is 6.20 Å². The molecule has 0 saturated carbocycles. The van der Waals surface area contributed by atoms with Gasteiger partial charge in [-0.25, -0.2) is 0 Å². The Morgan fingerprint density at radius 1 is 1.28 bits per heavy atom. The van der Waals surface area contributed by atoms with Crippen LogP contribution < -0.4 is 5.73 Å². The molecular formula is C14H17N3O. The first-order valence-corrected chi connectivity index (χ1v) is 6.06. The third-order valence-electron chi connectivity index (χ3n) is 2.89. The van der Waals surface area contributed by atoms with Crippen LogP contribution in [0.15, 0.2) is 36.7 Å². The van der Waals surface area contributed by atoms with E-state index >= 15 is 0 Å². The molecule has 2 N–H and O–H groups in total. The second-order valence-electron chi connectivity index (χ2n) is 4.21. The first kappa shape index (κ1) is 12.5. The number of nitrogens with zero attached hydrogens (tertiary/aromatic N) is 2. The number of hydrogen-bond acceptors (Lipinski definition) is 3. The van der Waals surface area contributed by atoms with Crippen LogP contribution in [0.1, 0.15) is 28.4 Å². The molecule has 0 unspecified atom stereocenters. The van der Waals surface area contributed by atoms with Gasteiger partial charge in [0.15, 0.2) is 5.78 Å². The lowest BCUT2D eigenvalue weighted by Crippen LogP contribution is -2.04. The molecule has 4 heteroatoms. The van der Waals surface area contributed by atoms with Gasteiger partial charge in [-0.05, 0) is 18.1 Å². The van der Waals surface area contributed by atoms with Gasteiger partial charge in [0.1, 0.15) is 0 Å². The molecule has 1 heterocycles. The van der Waals surface area contributed by atoms with E-state index in [0.29, 0.717) is 13.0 Å². The topological polar surface area (TPSA) is 60.9 Å². The van der Waals surface area contributed by atoms with Crippen molar-refractivity contribution < 1.29 is 4.79 Å². The summed E-state index contributed by atoms with van der Waals surface area (Å²) >= 11 is 0. The van der Waals surface area contributed by atoms with Crippen LogP contribution in [0.5, 0.6) is 0 Å². The Balaban J connectivity index is 2.06. The molecule has 0 fully saturated rings. The highest BCUT2D eigenvalue weighted by Gasteiger charge is 2.08. The smallest absolute Gasteiger partial charge is 0.167 e. The minimum absolute atomic E-state index is 0.106. The van der Waals surface area contributed by atoms with E-state index in [4.69, 9.17) is 5.73 Å². The lowest BCUT2D eigenvalue weighted by Gasteiger charge is -2.01. The van der Waals surface area contributed by atoms with E-state index in [9.17, 15) is 4.79 Å². The Kier molecular flexibility index (Phi) is 3.89. The number of carbonyl (C=O) groups excluding carboxylic acids is 1. The number of rotatable bonds is 5. The highest BCUT2D eigenvalue weighted by molar-refractivity contribution is 5.97. The quantitative estimate of drug-likeness (QED) is 0.814. The van der Waals surface area contributed by atoms with Gasteiger partial charge in [-0.3, -0.25) is 9.48 Å². The molecule has 0 aliphatic rings. The molecule has 2 aromatic rings. The summed E-state index contributed by atoms with van der Waals surface area (Å²) in [5.74, 6) is 0.106. The summed E-state index contributed by atoms with van der Waals surface area (Å²) in [4.78, 5) is 12.0. The van der Waals surface area contributed by atoms with Gasteiger partial charge in [-0.2, -0.15) is 5.10 Å². The molecule has 0 amide bonds. The van der Waals surface area contributed by atoms with Gasteiger partial charge in [0.25, 0.3) is 0 Å². The van der Waals surface area contributed by atoms with Gasteiger partial charge < -0.3 is 5.73 Å². The Labute approximate surface area is 106 Å². The highest BCUT2D eigenvalue weighted by Crippen LogP contribution is 2.09. The van der Waals surface area contributed by atoms with E-state index in [0.717, 1.165) is 23.2 Å². The van der Waals surface area contributed by atoms with Gasteiger partial charge in [0, 0.05) is 31.3 Å². The van der Waals surface area contributed by atoms with Crippen molar-refractivity contribution in [2.75, 3.05) is 0 Å². The maximum atomic E-state index is 12.0. The SMILES string of the molecule is CCn1cc(CC(=O)c2ccc(CN)cc2)cn1. The van der Waals surface area contributed by atoms with Crippen molar-refractivity contribution in [3.63, 3.8) is 0 Å². The fourth-order valence-corrected chi connectivity index (χ4v) is 1.78. The number of aromatic nitrogens is 2. The average Bonchev–Trinajstić information content (AvgIpc) is 2.86. The number of nitrogens with two attached hydrogens (primary N) is 1. The number of benzene rings is 1. The highest BCUT2D eigenvalue weighted by atomic mass is 16.1. The largest absolute Gasteiger partial charge is 0.326 e. The first-order valence-electron chi connectivity index (χ1n) is 6.06. The molecule has 4 nitrogen and oxygen atoms in total. The fourth-order valence-electron chi connectivity index (χ4n) is 1.78. The van der Waals surface area contributed by atoms with Crippen LogP contribution in [-0.4, -0.2) is 15.6 Å². The van der Waals surface area contributed by atoms with Crippen LogP contribution in [0.3, 0.4) is 0 Å². The maximum absolute atomic E-state index is 12.0. The summed E-state index contributed by atoms with van der Waals surface area (Å²) in [6.07, 6.45) is 4.05. The van der Waals surface area contributed by atoms with Crippen LogP contribution in [-0.2, 0) is 19.5 Å². The van der Waals surface area contributed by atoms with Gasteiger partial charge in [-0.1, -0.05) is 24.3 Å². The van der Waals surface area contributed by atoms with Crippen LogP contribution in [0.2, 0.25) is 0 Å². The minimum Gasteiger partial charge on any atom is -0.326 e. The molecule has 0 radical (unpaired) electrons. The Morgan fingerprint density at radius 3 is 2.56 bits per heavy atom. The minimum atomic E-state index is 0.106. The number of hydrogen-bond donors (Lipinski definition) is 1. The molecule has 0 spiro atoms. The second kappa shape index (κ2) is 5.60. The van der Waals surface area contributed by atoms with E-state index in [1.165, 1.54) is 0 Å². The Hall–Kier alpha value is -1.94. The normalized spacial score (nSPS) is 10.6. The van der Waals surface area contributed by atoms with Crippen LogP contribution >= 0.6 is 0 Å². The van der Waals surface area contributed by atoms with Crippen molar-refractivity contribution in [2.45, 2.75) is 26.4 Å². The van der Waals surface area contributed by atoms with Crippen molar-refractivity contribution in [3.05, 3.63) is 53.3 Å². The molecule has 0 aliphatic carbocycles. The molecule has 0 bridgehead atoms. The third kappa shape index (κ3) is 2.84. The standard InChI is InChI=1S/C14H17N3O/c1-2-17-10-12(9-16-17)7-14(18)13-5-3-11(8-15)4-6-13/h3-6,9-10H,2,7-8,15H2,1H3. The summed E-state index contributed by atoms with van der Waals surface area (Å²) < 4.78 is 1.82. The summed E-state index contributed by atoms with van der Waals surface area (Å²) in [7, 11) is 0. The predicted molar refractivity (Wildman–Crippen MR) is 70.3 cm³/mol. The van der Waals surface area contributed by atoms with Crippen LogP contribution in [0.25, 0.3) is 0 Å². The van der Waals surface area contributed by atoms with Crippen molar-refractivity contribution in [2.24, 2.45) is 5.73 Å². The molecule has 0 aliphatic heterocycles. The lowest BCUT2D eigenvalue weighted by atomic mass is 10.0. The van der Waals surface area contributed by atoms with Crippen molar-refractivity contribution in [1.29, 1.82) is 0 Å². The van der Waals surface area contributed by atoms with E-state index in [-0.39, 0.29) is 5.78 Å².